The highest BCUT2D eigenvalue weighted by Crippen LogP contribution is 2.30. The number of aromatic nitrogens is 2. The largest absolute Gasteiger partial charge is 0.316 e. The second kappa shape index (κ2) is 6.46. The average Bonchev–Trinajstić information content (AvgIpc) is 2.94. The van der Waals surface area contributed by atoms with Crippen LogP contribution in [0, 0.1) is 12.7 Å². The van der Waals surface area contributed by atoms with Crippen LogP contribution in [0.1, 0.15) is 29.6 Å². The van der Waals surface area contributed by atoms with E-state index in [-0.39, 0.29) is 11.7 Å². The third kappa shape index (κ3) is 2.83. The Morgan fingerprint density at radius 3 is 2.70 bits per heavy atom. The van der Waals surface area contributed by atoms with Gasteiger partial charge in [-0.15, -0.1) is 0 Å². The zero-order valence-electron chi connectivity index (χ0n) is 15.4. The maximum Gasteiger partial charge on any atom is 0.223 e. The van der Waals surface area contributed by atoms with Crippen LogP contribution in [0.4, 0.5) is 10.1 Å². The molecule has 0 unspecified atom stereocenters. The number of rotatable bonds is 2. The number of carbonyl (C=O) groups excluding carboxylic acids is 1. The average molecular weight is 362 g/mol. The second-order valence-electron chi connectivity index (χ2n) is 6.56. The first-order chi connectivity index (χ1) is 13.0. The molecule has 0 saturated heterocycles. The molecular formula is C21H19FN4O. The summed E-state index contributed by atoms with van der Waals surface area (Å²) in [6, 6.07) is 12.3. The fourth-order valence-corrected chi connectivity index (χ4v) is 3.36. The molecule has 2 aromatic carbocycles. The minimum atomic E-state index is -0.325. The molecule has 1 aromatic heterocycles. The van der Waals surface area contributed by atoms with Crippen molar-refractivity contribution in [1.29, 1.82) is 0 Å². The number of benzene rings is 2. The predicted molar refractivity (Wildman–Crippen MR) is 103 cm³/mol. The smallest absolute Gasteiger partial charge is 0.223 e. The van der Waals surface area contributed by atoms with Crippen molar-refractivity contribution < 1.29 is 9.18 Å². The van der Waals surface area contributed by atoms with Crippen molar-refractivity contribution >= 4 is 17.3 Å². The molecule has 0 fully saturated rings. The van der Waals surface area contributed by atoms with Crippen LogP contribution in [-0.2, 0) is 11.3 Å². The Hall–Kier alpha value is -3.28. The molecule has 0 saturated carbocycles. The molecule has 1 aliphatic heterocycles. The van der Waals surface area contributed by atoms with Crippen LogP contribution in [0.3, 0.4) is 0 Å². The van der Waals surface area contributed by atoms with E-state index in [4.69, 9.17) is 4.99 Å². The Bertz CT molecular complexity index is 1080. The summed E-state index contributed by atoms with van der Waals surface area (Å²) in [7, 11) is 1.72. The molecule has 0 N–H and O–H groups in total. The molecule has 0 atom stereocenters. The number of amides is 1. The zero-order valence-corrected chi connectivity index (χ0v) is 15.4. The van der Waals surface area contributed by atoms with Crippen LogP contribution in [0.25, 0.3) is 5.69 Å². The highest BCUT2D eigenvalue weighted by molar-refractivity contribution is 6.16. The molecular weight excluding hydrogens is 343 g/mol. The van der Waals surface area contributed by atoms with E-state index in [1.807, 2.05) is 29.7 Å². The number of anilines is 1. The molecule has 27 heavy (non-hydrogen) atoms. The van der Waals surface area contributed by atoms with E-state index in [0.717, 1.165) is 28.5 Å². The van der Waals surface area contributed by atoms with Gasteiger partial charge >= 0.3 is 0 Å². The molecule has 6 heteroatoms. The molecule has 5 nitrogen and oxygen atoms in total. The van der Waals surface area contributed by atoms with E-state index in [9.17, 15) is 9.18 Å². The summed E-state index contributed by atoms with van der Waals surface area (Å²) in [5.41, 5.74) is 4.33. The lowest BCUT2D eigenvalue weighted by Crippen LogP contribution is -2.23. The van der Waals surface area contributed by atoms with Crippen molar-refractivity contribution in [2.45, 2.75) is 20.4 Å². The van der Waals surface area contributed by atoms with E-state index in [2.05, 4.69) is 4.98 Å². The molecule has 136 valence electrons. The van der Waals surface area contributed by atoms with E-state index in [1.165, 1.54) is 13.0 Å². The Kier molecular flexibility index (Phi) is 4.11. The Balaban J connectivity index is 1.99. The van der Waals surface area contributed by atoms with Crippen molar-refractivity contribution in [1.82, 2.24) is 9.55 Å². The van der Waals surface area contributed by atoms with Gasteiger partial charge in [0.25, 0.3) is 0 Å². The summed E-state index contributed by atoms with van der Waals surface area (Å²) >= 11 is 0. The van der Waals surface area contributed by atoms with Gasteiger partial charge in [0.05, 0.1) is 29.8 Å². The van der Waals surface area contributed by atoms with E-state index >= 15 is 0 Å². The molecule has 1 aliphatic rings. The summed E-state index contributed by atoms with van der Waals surface area (Å²) in [6.07, 6.45) is 1.79. The molecule has 3 aromatic rings. The lowest BCUT2D eigenvalue weighted by Gasteiger charge is -2.19. The van der Waals surface area contributed by atoms with Gasteiger partial charge in [-0.05, 0) is 37.3 Å². The van der Waals surface area contributed by atoms with E-state index < -0.39 is 0 Å². The van der Waals surface area contributed by atoms with Gasteiger partial charge in [0.15, 0.2) is 0 Å². The number of nitrogens with zero attached hydrogens (tertiary/aromatic N) is 4. The topological polar surface area (TPSA) is 50.5 Å². The monoisotopic (exact) mass is 362 g/mol. The van der Waals surface area contributed by atoms with Crippen molar-refractivity contribution in [2.75, 3.05) is 11.9 Å². The van der Waals surface area contributed by atoms with Gasteiger partial charge in [-0.3, -0.25) is 14.4 Å². The minimum absolute atomic E-state index is 0.0764. The Morgan fingerprint density at radius 1 is 1.19 bits per heavy atom. The molecule has 0 radical (unpaired) electrons. The third-order valence-electron chi connectivity index (χ3n) is 4.88. The molecule has 0 aliphatic carbocycles. The first-order valence-electron chi connectivity index (χ1n) is 8.69. The van der Waals surface area contributed by atoms with E-state index in [1.54, 1.807) is 36.3 Å². The number of halogens is 1. The summed E-state index contributed by atoms with van der Waals surface area (Å²) in [5, 5.41) is 0. The highest BCUT2D eigenvalue weighted by Gasteiger charge is 2.23. The van der Waals surface area contributed by atoms with Gasteiger partial charge in [0.1, 0.15) is 11.6 Å². The predicted octanol–water partition coefficient (Wildman–Crippen LogP) is 3.65. The van der Waals surface area contributed by atoms with Gasteiger partial charge in [-0.25, -0.2) is 9.37 Å². The SMILES string of the molecule is CC(=O)N(C)c1ccc2c(c1)C(c1ccccc1F)=NCc1cnc(C)n1-2. The lowest BCUT2D eigenvalue weighted by molar-refractivity contribution is -0.116. The van der Waals surface area contributed by atoms with Crippen molar-refractivity contribution in [2.24, 2.45) is 4.99 Å². The number of hydrogen-bond donors (Lipinski definition) is 0. The van der Waals surface area contributed by atoms with Crippen molar-refractivity contribution in [3.63, 3.8) is 0 Å². The number of aryl methyl sites for hydroxylation is 1. The van der Waals surface area contributed by atoms with Crippen LogP contribution in [0.5, 0.6) is 0 Å². The first-order valence-corrected chi connectivity index (χ1v) is 8.69. The minimum Gasteiger partial charge on any atom is -0.316 e. The molecule has 2 heterocycles. The molecule has 1 amide bonds. The summed E-state index contributed by atoms with van der Waals surface area (Å²) in [4.78, 5) is 22.5. The fourth-order valence-electron chi connectivity index (χ4n) is 3.36. The summed E-state index contributed by atoms with van der Waals surface area (Å²) < 4.78 is 16.6. The van der Waals surface area contributed by atoms with Crippen LogP contribution in [0.15, 0.2) is 53.7 Å². The normalized spacial score (nSPS) is 12.7. The van der Waals surface area contributed by atoms with Crippen LogP contribution in [-0.4, -0.2) is 28.2 Å². The molecule has 0 spiro atoms. The van der Waals surface area contributed by atoms with Crippen molar-refractivity contribution in [3.8, 4) is 5.69 Å². The van der Waals surface area contributed by atoms with Gasteiger partial charge in [0.2, 0.25) is 5.91 Å². The van der Waals surface area contributed by atoms with Crippen LogP contribution >= 0.6 is 0 Å². The number of carbonyl (C=O) groups is 1. The quantitative estimate of drug-likeness (QED) is 0.699. The fraction of sp³-hybridized carbons (Fsp3) is 0.190. The third-order valence-corrected chi connectivity index (χ3v) is 4.88. The van der Waals surface area contributed by atoms with Crippen LogP contribution < -0.4 is 4.90 Å². The zero-order chi connectivity index (χ0) is 19.1. The summed E-state index contributed by atoms with van der Waals surface area (Å²) in [6.45, 7) is 3.84. The van der Waals surface area contributed by atoms with E-state index in [0.29, 0.717) is 17.8 Å². The van der Waals surface area contributed by atoms with Gasteiger partial charge < -0.3 is 4.90 Å². The number of aliphatic imine (C=N–C) groups is 1. The maximum absolute atomic E-state index is 14.6. The van der Waals surface area contributed by atoms with Crippen molar-refractivity contribution in [3.05, 3.63) is 77.1 Å². The first kappa shape index (κ1) is 17.1. The van der Waals surface area contributed by atoms with Gasteiger partial charge in [0, 0.05) is 30.8 Å². The number of hydrogen-bond acceptors (Lipinski definition) is 3. The molecule has 0 bridgehead atoms. The number of fused-ring (bicyclic) bond motifs is 3. The highest BCUT2D eigenvalue weighted by atomic mass is 19.1. The van der Waals surface area contributed by atoms with Gasteiger partial charge in [-0.2, -0.15) is 0 Å². The summed E-state index contributed by atoms with van der Waals surface area (Å²) in [5.74, 6) is 0.435. The van der Waals surface area contributed by atoms with Gasteiger partial charge in [-0.1, -0.05) is 12.1 Å². The number of imidazole rings is 1. The Morgan fingerprint density at radius 2 is 1.96 bits per heavy atom. The van der Waals surface area contributed by atoms with Crippen LogP contribution in [0.2, 0.25) is 0 Å². The Labute approximate surface area is 156 Å². The lowest BCUT2D eigenvalue weighted by atomic mass is 9.99. The second-order valence-corrected chi connectivity index (χ2v) is 6.56. The standard InChI is InChI=1S/C21H19FN4O/c1-13-23-11-16-12-24-21(17-6-4-5-7-19(17)22)18-10-15(25(3)14(2)27)8-9-20(18)26(13)16/h4-11H,12H2,1-3H3. The maximum atomic E-state index is 14.6. The molecule has 4 rings (SSSR count).